The molecule has 0 heterocycles. The summed E-state index contributed by atoms with van der Waals surface area (Å²) in [5, 5.41) is 3.53. The van der Waals surface area contributed by atoms with Gasteiger partial charge in [-0.25, -0.2) is 4.79 Å². The summed E-state index contributed by atoms with van der Waals surface area (Å²) in [6.07, 6.45) is -0.336. The second-order valence-corrected chi connectivity index (χ2v) is 10.3. The van der Waals surface area contributed by atoms with E-state index in [1.54, 1.807) is 4.90 Å². The van der Waals surface area contributed by atoms with Crippen molar-refractivity contribution in [2.45, 2.75) is 73.7 Å². The molecule has 0 aliphatic carbocycles. The molecule has 0 radical (unpaired) electrons. The van der Waals surface area contributed by atoms with Gasteiger partial charge >= 0.3 is 6.09 Å². The topological polar surface area (TPSA) is 41.6 Å². The molecule has 0 atom stereocenters. The highest BCUT2D eigenvalue weighted by atomic mass is 16.6. The number of amides is 1. The summed E-state index contributed by atoms with van der Waals surface area (Å²) in [5.74, 6) is 0. The number of ether oxygens (including phenoxy) is 1. The number of aryl methyl sites for hydroxylation is 4. The standard InChI is InChI=1S/C30H38N2O2/c1-21-12-22(2)15-27(14-21)19-31-18-25-8-10-26(11-9-25)20-32(29(33)34-30(5,6)7)28-16-23(3)13-24(4)17-28/h8-17,31H,18-20H2,1-7H3. The van der Waals surface area contributed by atoms with Crippen LogP contribution in [0.2, 0.25) is 0 Å². The fraction of sp³-hybridized carbons (Fsp3) is 0.367. The molecule has 0 bridgehead atoms. The average Bonchev–Trinajstić information content (AvgIpc) is 2.70. The Labute approximate surface area is 205 Å². The zero-order valence-corrected chi connectivity index (χ0v) is 21.7. The highest BCUT2D eigenvalue weighted by molar-refractivity contribution is 5.88. The summed E-state index contributed by atoms with van der Waals surface area (Å²) >= 11 is 0. The van der Waals surface area contributed by atoms with Crippen LogP contribution in [-0.4, -0.2) is 11.7 Å². The third kappa shape index (κ3) is 7.74. The molecule has 0 saturated heterocycles. The Morgan fingerprint density at radius 1 is 0.735 bits per heavy atom. The van der Waals surface area contributed by atoms with Crippen molar-refractivity contribution < 1.29 is 9.53 Å². The smallest absolute Gasteiger partial charge is 0.415 e. The number of hydrogen-bond donors (Lipinski definition) is 1. The van der Waals surface area contributed by atoms with Crippen LogP contribution in [-0.2, 0) is 24.4 Å². The SMILES string of the molecule is Cc1cc(C)cc(CNCc2ccc(CN(C(=O)OC(C)(C)C)c3cc(C)cc(C)c3)cc2)c1. The molecule has 4 heteroatoms. The van der Waals surface area contributed by atoms with E-state index in [0.29, 0.717) is 6.54 Å². The van der Waals surface area contributed by atoms with Crippen LogP contribution in [0.5, 0.6) is 0 Å². The lowest BCUT2D eigenvalue weighted by atomic mass is 10.1. The van der Waals surface area contributed by atoms with Gasteiger partial charge < -0.3 is 10.1 Å². The zero-order valence-electron chi connectivity index (χ0n) is 21.7. The molecule has 0 unspecified atom stereocenters. The molecule has 180 valence electrons. The van der Waals surface area contributed by atoms with E-state index in [1.807, 2.05) is 46.8 Å². The van der Waals surface area contributed by atoms with Gasteiger partial charge in [0.15, 0.2) is 0 Å². The minimum absolute atomic E-state index is 0.336. The number of nitrogens with one attached hydrogen (secondary N) is 1. The summed E-state index contributed by atoms with van der Waals surface area (Å²) in [6, 6.07) is 21.2. The lowest BCUT2D eigenvalue weighted by molar-refractivity contribution is 0.0577. The van der Waals surface area contributed by atoms with E-state index < -0.39 is 5.60 Å². The lowest BCUT2D eigenvalue weighted by Gasteiger charge is -2.28. The van der Waals surface area contributed by atoms with E-state index in [9.17, 15) is 4.79 Å². The monoisotopic (exact) mass is 458 g/mol. The number of rotatable bonds is 7. The van der Waals surface area contributed by atoms with E-state index in [4.69, 9.17) is 4.74 Å². The van der Waals surface area contributed by atoms with Crippen LogP contribution >= 0.6 is 0 Å². The molecule has 1 amide bonds. The molecule has 0 aliphatic heterocycles. The van der Waals surface area contributed by atoms with Gasteiger partial charge in [0.2, 0.25) is 0 Å². The van der Waals surface area contributed by atoms with Crippen LogP contribution in [0.25, 0.3) is 0 Å². The van der Waals surface area contributed by atoms with Crippen LogP contribution < -0.4 is 10.2 Å². The Balaban J connectivity index is 1.69. The Morgan fingerprint density at radius 2 is 1.21 bits per heavy atom. The van der Waals surface area contributed by atoms with E-state index in [1.165, 1.54) is 22.3 Å². The van der Waals surface area contributed by atoms with Gasteiger partial charge in [-0.05, 0) is 88.4 Å². The molecule has 34 heavy (non-hydrogen) atoms. The average molecular weight is 459 g/mol. The summed E-state index contributed by atoms with van der Waals surface area (Å²) in [6.45, 7) is 16.1. The Bertz CT molecular complexity index is 1090. The largest absolute Gasteiger partial charge is 0.443 e. The number of carbonyl (C=O) groups is 1. The first-order valence-electron chi connectivity index (χ1n) is 11.9. The number of hydrogen-bond acceptors (Lipinski definition) is 3. The summed E-state index contributed by atoms with van der Waals surface area (Å²) < 4.78 is 5.72. The first kappa shape index (κ1) is 25.5. The van der Waals surface area contributed by atoms with Gasteiger partial charge in [-0.1, -0.05) is 59.7 Å². The van der Waals surface area contributed by atoms with Gasteiger partial charge in [-0.2, -0.15) is 0 Å². The van der Waals surface area contributed by atoms with Crippen molar-refractivity contribution in [1.29, 1.82) is 0 Å². The van der Waals surface area contributed by atoms with Crippen molar-refractivity contribution in [1.82, 2.24) is 5.32 Å². The molecule has 0 saturated carbocycles. The highest BCUT2D eigenvalue weighted by Gasteiger charge is 2.24. The van der Waals surface area contributed by atoms with Gasteiger partial charge in [-0.3, -0.25) is 4.90 Å². The fourth-order valence-electron chi connectivity index (χ4n) is 4.15. The van der Waals surface area contributed by atoms with E-state index in [2.05, 4.69) is 67.7 Å². The lowest BCUT2D eigenvalue weighted by Crippen LogP contribution is -2.36. The molecular weight excluding hydrogens is 420 g/mol. The van der Waals surface area contributed by atoms with E-state index in [0.717, 1.165) is 35.5 Å². The van der Waals surface area contributed by atoms with Crippen LogP contribution in [0.3, 0.4) is 0 Å². The Hall–Kier alpha value is -3.11. The van der Waals surface area contributed by atoms with Gasteiger partial charge in [0, 0.05) is 18.8 Å². The third-order valence-corrected chi connectivity index (χ3v) is 5.44. The van der Waals surface area contributed by atoms with E-state index >= 15 is 0 Å². The Morgan fingerprint density at radius 3 is 1.74 bits per heavy atom. The summed E-state index contributed by atoms with van der Waals surface area (Å²) in [4.78, 5) is 14.8. The molecule has 1 N–H and O–H groups in total. The second-order valence-electron chi connectivity index (χ2n) is 10.3. The maximum absolute atomic E-state index is 13.1. The molecule has 3 rings (SSSR count). The van der Waals surface area contributed by atoms with Crippen molar-refractivity contribution in [3.05, 3.63) is 99.6 Å². The second kappa shape index (κ2) is 10.9. The molecule has 0 fully saturated rings. The van der Waals surface area contributed by atoms with Crippen molar-refractivity contribution in [2.24, 2.45) is 0 Å². The first-order valence-corrected chi connectivity index (χ1v) is 11.9. The molecule has 3 aromatic carbocycles. The van der Waals surface area contributed by atoms with Gasteiger partial charge in [0.25, 0.3) is 0 Å². The molecule has 4 nitrogen and oxygen atoms in total. The quantitative estimate of drug-likeness (QED) is 0.409. The van der Waals surface area contributed by atoms with Crippen molar-refractivity contribution in [3.8, 4) is 0 Å². The number of benzene rings is 3. The van der Waals surface area contributed by atoms with Crippen molar-refractivity contribution in [3.63, 3.8) is 0 Å². The van der Waals surface area contributed by atoms with Crippen LogP contribution in [0.4, 0.5) is 10.5 Å². The van der Waals surface area contributed by atoms with Gasteiger partial charge in [0.05, 0.1) is 6.54 Å². The summed E-state index contributed by atoms with van der Waals surface area (Å²) in [5.41, 5.74) is 8.69. The fourth-order valence-corrected chi connectivity index (χ4v) is 4.15. The van der Waals surface area contributed by atoms with Gasteiger partial charge in [-0.15, -0.1) is 0 Å². The number of nitrogens with zero attached hydrogens (tertiary/aromatic N) is 1. The first-order chi connectivity index (χ1) is 16.0. The predicted octanol–water partition coefficient (Wildman–Crippen LogP) is 7.15. The van der Waals surface area contributed by atoms with E-state index in [-0.39, 0.29) is 6.09 Å². The van der Waals surface area contributed by atoms with Crippen molar-refractivity contribution in [2.75, 3.05) is 4.90 Å². The molecule has 0 aromatic heterocycles. The molecule has 3 aromatic rings. The van der Waals surface area contributed by atoms with Crippen LogP contribution in [0.15, 0.2) is 60.7 Å². The summed E-state index contributed by atoms with van der Waals surface area (Å²) in [7, 11) is 0. The minimum Gasteiger partial charge on any atom is -0.443 e. The van der Waals surface area contributed by atoms with Crippen LogP contribution in [0, 0.1) is 27.7 Å². The zero-order chi connectivity index (χ0) is 24.9. The molecule has 0 spiro atoms. The normalized spacial score (nSPS) is 11.4. The molecule has 0 aliphatic rings. The maximum Gasteiger partial charge on any atom is 0.415 e. The predicted molar refractivity (Wildman–Crippen MR) is 141 cm³/mol. The maximum atomic E-state index is 13.1. The minimum atomic E-state index is -0.556. The van der Waals surface area contributed by atoms with Crippen LogP contribution in [0.1, 0.15) is 59.7 Å². The number of anilines is 1. The number of carbonyl (C=O) groups excluding carboxylic acids is 1. The van der Waals surface area contributed by atoms with Crippen molar-refractivity contribution >= 4 is 11.8 Å². The van der Waals surface area contributed by atoms with Gasteiger partial charge in [0.1, 0.15) is 5.60 Å². The molecular formula is C30H38N2O2. The Kier molecular flexibility index (Phi) is 8.16. The third-order valence-electron chi connectivity index (χ3n) is 5.44. The highest BCUT2D eigenvalue weighted by Crippen LogP contribution is 2.24.